The smallest absolute Gasteiger partial charge is 0.302 e. The summed E-state index contributed by atoms with van der Waals surface area (Å²) in [4.78, 5) is 39.1. The first-order chi connectivity index (χ1) is 13.0. The number of amides is 2. The summed E-state index contributed by atoms with van der Waals surface area (Å²) >= 11 is 0. The number of benzene rings is 2. The number of nitrogens with zero attached hydrogens (tertiary/aromatic N) is 1. The van der Waals surface area contributed by atoms with Gasteiger partial charge in [-0.05, 0) is 17.5 Å². The third-order valence-corrected chi connectivity index (χ3v) is 5.66. The molecule has 0 spiro atoms. The lowest BCUT2D eigenvalue weighted by molar-refractivity contribution is -0.150. The van der Waals surface area contributed by atoms with Gasteiger partial charge >= 0.3 is 5.97 Å². The van der Waals surface area contributed by atoms with E-state index >= 15 is 0 Å². The van der Waals surface area contributed by atoms with Crippen molar-refractivity contribution in [3.05, 3.63) is 54.6 Å². The molecule has 3 aliphatic rings. The van der Waals surface area contributed by atoms with Crippen LogP contribution in [-0.2, 0) is 23.9 Å². The Morgan fingerprint density at radius 2 is 1.93 bits per heavy atom. The van der Waals surface area contributed by atoms with Crippen molar-refractivity contribution < 1.29 is 23.9 Å². The maximum atomic E-state index is 13.3. The highest BCUT2D eigenvalue weighted by molar-refractivity contribution is 6.26. The van der Waals surface area contributed by atoms with Crippen molar-refractivity contribution in [2.45, 2.75) is 18.6 Å². The van der Waals surface area contributed by atoms with Gasteiger partial charge in [-0.2, -0.15) is 0 Å². The highest BCUT2D eigenvalue weighted by Crippen LogP contribution is 2.53. The average Bonchev–Trinajstić information content (AvgIpc) is 3.30. The third kappa shape index (κ3) is 2.13. The SMILES string of the molecule is CC(=O)OC[C@@]12C=C[C@@H](O1)[C@@H]1C(=O)N(c3cccc4ccccc34)C(=O)[C@H]12. The number of rotatable bonds is 3. The standard InChI is InChI=1S/C21H17NO5/c1-12(23)26-11-21-10-9-16(27-21)17-18(21)20(25)22(19(17)24)15-8-4-6-13-5-2-3-7-14(13)15/h2-10,16-18H,11H2,1H3/t16-,17+,18+,21-/m1/s1. The Hall–Kier alpha value is -2.99. The molecule has 6 heteroatoms. The molecule has 3 heterocycles. The predicted octanol–water partition coefficient (Wildman–Crippen LogP) is 2.22. The summed E-state index contributed by atoms with van der Waals surface area (Å²) in [6, 6.07) is 13.2. The van der Waals surface area contributed by atoms with E-state index in [1.807, 2.05) is 36.4 Å². The van der Waals surface area contributed by atoms with Crippen LogP contribution in [0.4, 0.5) is 5.69 Å². The fourth-order valence-corrected chi connectivity index (χ4v) is 4.52. The van der Waals surface area contributed by atoms with Gasteiger partial charge in [0.15, 0.2) is 0 Å². The second kappa shape index (κ2) is 5.50. The molecular formula is C21H17NO5. The summed E-state index contributed by atoms with van der Waals surface area (Å²) in [5.41, 5.74) is -0.480. The Kier molecular flexibility index (Phi) is 3.30. The van der Waals surface area contributed by atoms with Gasteiger partial charge in [-0.15, -0.1) is 0 Å². The Balaban J connectivity index is 1.58. The van der Waals surface area contributed by atoms with Crippen LogP contribution in [-0.4, -0.2) is 36.1 Å². The Morgan fingerprint density at radius 1 is 1.15 bits per heavy atom. The molecule has 6 nitrogen and oxygen atoms in total. The molecule has 2 aromatic carbocycles. The van der Waals surface area contributed by atoms with Crippen LogP contribution in [0.5, 0.6) is 0 Å². The van der Waals surface area contributed by atoms with E-state index in [4.69, 9.17) is 9.47 Å². The minimum atomic E-state index is -1.06. The number of hydrogen-bond donors (Lipinski definition) is 0. The molecule has 27 heavy (non-hydrogen) atoms. The lowest BCUT2D eigenvalue weighted by Crippen LogP contribution is -2.44. The van der Waals surface area contributed by atoms with Gasteiger partial charge in [-0.25, -0.2) is 4.90 Å². The third-order valence-electron chi connectivity index (χ3n) is 5.66. The molecule has 0 radical (unpaired) electrons. The summed E-state index contributed by atoms with van der Waals surface area (Å²) < 4.78 is 11.1. The van der Waals surface area contributed by atoms with Crippen LogP contribution in [0.25, 0.3) is 10.8 Å². The first kappa shape index (κ1) is 16.2. The summed E-state index contributed by atoms with van der Waals surface area (Å²) in [6.45, 7) is 1.24. The van der Waals surface area contributed by atoms with E-state index in [0.29, 0.717) is 5.69 Å². The second-order valence-electron chi connectivity index (χ2n) is 7.19. The van der Waals surface area contributed by atoms with Gasteiger partial charge < -0.3 is 9.47 Å². The molecule has 0 saturated carbocycles. The number of esters is 1. The molecule has 136 valence electrons. The number of anilines is 1. The molecule has 2 fully saturated rings. The topological polar surface area (TPSA) is 72.9 Å². The van der Waals surface area contributed by atoms with E-state index in [1.54, 1.807) is 18.2 Å². The van der Waals surface area contributed by atoms with Gasteiger partial charge in [-0.1, -0.05) is 42.5 Å². The molecule has 2 saturated heterocycles. The number of carbonyl (C=O) groups is 3. The van der Waals surface area contributed by atoms with Crippen LogP contribution in [0.15, 0.2) is 54.6 Å². The van der Waals surface area contributed by atoms with Gasteiger partial charge in [0.2, 0.25) is 11.8 Å². The fraction of sp³-hybridized carbons (Fsp3) is 0.286. The Bertz CT molecular complexity index is 1020. The van der Waals surface area contributed by atoms with Crippen LogP contribution in [0.1, 0.15) is 6.92 Å². The fourth-order valence-electron chi connectivity index (χ4n) is 4.52. The van der Waals surface area contributed by atoms with Crippen molar-refractivity contribution >= 4 is 34.2 Å². The molecular weight excluding hydrogens is 346 g/mol. The molecule has 0 unspecified atom stereocenters. The maximum Gasteiger partial charge on any atom is 0.302 e. The van der Waals surface area contributed by atoms with E-state index < -0.39 is 29.5 Å². The van der Waals surface area contributed by atoms with E-state index in [0.717, 1.165) is 10.8 Å². The molecule has 0 aliphatic carbocycles. The average molecular weight is 363 g/mol. The molecule has 2 amide bonds. The number of imide groups is 1. The lowest BCUT2D eigenvalue weighted by Gasteiger charge is -2.28. The monoisotopic (exact) mass is 363 g/mol. The number of fused-ring (bicyclic) bond motifs is 6. The zero-order valence-corrected chi connectivity index (χ0v) is 14.6. The lowest BCUT2D eigenvalue weighted by atomic mass is 9.77. The van der Waals surface area contributed by atoms with Crippen molar-refractivity contribution in [1.82, 2.24) is 0 Å². The first-order valence-corrected chi connectivity index (χ1v) is 8.88. The van der Waals surface area contributed by atoms with Crippen LogP contribution >= 0.6 is 0 Å². The molecule has 2 bridgehead atoms. The van der Waals surface area contributed by atoms with Gasteiger partial charge in [0.25, 0.3) is 0 Å². The second-order valence-corrected chi connectivity index (χ2v) is 7.19. The highest BCUT2D eigenvalue weighted by atomic mass is 16.6. The van der Waals surface area contributed by atoms with E-state index in [-0.39, 0.29) is 18.4 Å². The summed E-state index contributed by atoms with van der Waals surface area (Å²) in [5, 5.41) is 1.80. The largest absolute Gasteiger partial charge is 0.462 e. The number of carbonyl (C=O) groups excluding carboxylic acids is 3. The summed E-state index contributed by atoms with van der Waals surface area (Å²) in [5.74, 6) is -2.29. The summed E-state index contributed by atoms with van der Waals surface area (Å²) in [7, 11) is 0. The maximum absolute atomic E-state index is 13.3. The quantitative estimate of drug-likeness (QED) is 0.475. The van der Waals surface area contributed by atoms with Crippen molar-refractivity contribution in [3.8, 4) is 0 Å². The molecule has 2 aromatic rings. The van der Waals surface area contributed by atoms with Crippen molar-refractivity contribution in [3.63, 3.8) is 0 Å². The predicted molar refractivity (Wildman–Crippen MR) is 96.8 cm³/mol. The van der Waals surface area contributed by atoms with Crippen molar-refractivity contribution in [2.24, 2.45) is 11.8 Å². The van der Waals surface area contributed by atoms with E-state index in [2.05, 4.69) is 0 Å². The normalized spacial score (nSPS) is 31.0. The molecule has 0 N–H and O–H groups in total. The minimum Gasteiger partial charge on any atom is -0.462 e. The van der Waals surface area contributed by atoms with E-state index in [1.165, 1.54) is 11.8 Å². The van der Waals surface area contributed by atoms with E-state index in [9.17, 15) is 14.4 Å². The molecule has 3 aliphatic heterocycles. The van der Waals surface area contributed by atoms with Crippen LogP contribution in [0, 0.1) is 11.8 Å². The number of ether oxygens (including phenoxy) is 2. The zero-order chi connectivity index (χ0) is 18.8. The van der Waals surface area contributed by atoms with Crippen LogP contribution in [0.2, 0.25) is 0 Å². The van der Waals surface area contributed by atoms with Gasteiger partial charge in [0.05, 0.1) is 23.6 Å². The summed E-state index contributed by atoms with van der Waals surface area (Å²) in [6.07, 6.45) is 3.09. The zero-order valence-electron chi connectivity index (χ0n) is 14.6. The van der Waals surface area contributed by atoms with Gasteiger partial charge in [-0.3, -0.25) is 14.4 Å². The van der Waals surface area contributed by atoms with Gasteiger partial charge in [0, 0.05) is 12.3 Å². The minimum absolute atomic E-state index is 0.0705. The van der Waals surface area contributed by atoms with Crippen molar-refractivity contribution in [2.75, 3.05) is 11.5 Å². The first-order valence-electron chi connectivity index (χ1n) is 8.88. The van der Waals surface area contributed by atoms with Crippen LogP contribution < -0.4 is 4.90 Å². The Labute approximate surface area is 155 Å². The molecule has 0 aromatic heterocycles. The molecule has 4 atom stereocenters. The highest BCUT2D eigenvalue weighted by Gasteiger charge is 2.68. The van der Waals surface area contributed by atoms with Crippen molar-refractivity contribution in [1.29, 1.82) is 0 Å². The number of hydrogen-bond acceptors (Lipinski definition) is 5. The Morgan fingerprint density at radius 3 is 2.74 bits per heavy atom. The van der Waals surface area contributed by atoms with Crippen LogP contribution in [0.3, 0.4) is 0 Å². The van der Waals surface area contributed by atoms with Gasteiger partial charge in [0.1, 0.15) is 12.2 Å². The molecule has 5 rings (SSSR count).